The number of urea groups is 2. The Morgan fingerprint density at radius 2 is 1.10 bits per heavy atom. The monoisotopic (exact) mass is 592 g/mol. The van der Waals surface area contributed by atoms with E-state index in [4.69, 9.17) is 0 Å². The van der Waals surface area contributed by atoms with Crippen LogP contribution >= 0.6 is 22.7 Å². The van der Waals surface area contributed by atoms with E-state index in [1.54, 1.807) is 36.4 Å². The Morgan fingerprint density at radius 3 is 1.61 bits per heavy atom. The van der Waals surface area contributed by atoms with Gasteiger partial charge in [-0.05, 0) is 41.5 Å². The van der Waals surface area contributed by atoms with Gasteiger partial charge < -0.3 is 0 Å². The van der Waals surface area contributed by atoms with Crippen LogP contribution in [-0.2, 0) is 19.2 Å². The third-order valence-electron chi connectivity index (χ3n) is 6.61. The first-order valence-electron chi connectivity index (χ1n) is 12.0. The van der Waals surface area contributed by atoms with Crippen molar-refractivity contribution < 1.29 is 33.2 Å². The lowest BCUT2D eigenvalue weighted by Crippen LogP contribution is -2.52. The van der Waals surface area contributed by atoms with Crippen LogP contribution < -0.4 is 0 Å². The lowest BCUT2D eigenvalue weighted by molar-refractivity contribution is -0.135. The van der Waals surface area contributed by atoms with Crippen molar-refractivity contribution in [3.63, 3.8) is 0 Å². The molecule has 208 valence electrons. The molecule has 2 aromatic heterocycles. The molecule has 5 rings (SSSR count). The third kappa shape index (κ3) is 4.78. The van der Waals surface area contributed by atoms with E-state index in [1.165, 1.54) is 69.1 Å². The van der Waals surface area contributed by atoms with E-state index in [9.17, 15) is 28.8 Å². The molecular weight excluding hydrogens is 571 g/mol. The van der Waals surface area contributed by atoms with Gasteiger partial charge in [-0.2, -0.15) is 0 Å². The fourth-order valence-electron chi connectivity index (χ4n) is 4.24. The maximum absolute atomic E-state index is 15.0. The third-order valence-corrected chi connectivity index (χ3v) is 9.00. The number of barbiturate groups is 2. The summed E-state index contributed by atoms with van der Waals surface area (Å²) < 4.78 is 15.0. The second kappa shape index (κ2) is 10.3. The first kappa shape index (κ1) is 27.8. The van der Waals surface area contributed by atoms with Crippen LogP contribution in [0.25, 0.3) is 32.3 Å². The predicted octanol–water partition coefficient (Wildman–Crippen LogP) is 4.15. The minimum atomic E-state index is -0.710. The molecule has 0 spiro atoms. The van der Waals surface area contributed by atoms with E-state index < -0.39 is 41.5 Å². The second-order valence-corrected chi connectivity index (χ2v) is 11.4. The summed E-state index contributed by atoms with van der Waals surface area (Å²) in [6, 6.07) is 10.1. The highest BCUT2D eigenvalue weighted by Crippen LogP contribution is 2.40. The van der Waals surface area contributed by atoms with Crippen molar-refractivity contribution in [2.24, 2.45) is 0 Å². The average Bonchev–Trinajstić information content (AvgIpc) is 3.60. The van der Waals surface area contributed by atoms with Crippen molar-refractivity contribution in [1.82, 2.24) is 19.6 Å². The molecule has 3 aromatic rings. The molecule has 41 heavy (non-hydrogen) atoms. The SMILES string of the molecule is CN1C(=O)C(=Cc2ccc(-c3sc(-c4ccc(C=C5C(=O)N(C)C(=O)N(C)C5=O)s4)cc3F)cc2)C(=O)N(C)C1=O. The molecule has 4 heterocycles. The quantitative estimate of drug-likeness (QED) is 0.332. The van der Waals surface area contributed by atoms with Gasteiger partial charge in [0.1, 0.15) is 17.0 Å². The van der Waals surface area contributed by atoms with Gasteiger partial charge in [0, 0.05) is 42.8 Å². The van der Waals surface area contributed by atoms with E-state index in [0.717, 1.165) is 24.5 Å². The van der Waals surface area contributed by atoms with Gasteiger partial charge in [0.25, 0.3) is 23.6 Å². The fourth-order valence-corrected chi connectivity index (χ4v) is 6.31. The summed E-state index contributed by atoms with van der Waals surface area (Å²) >= 11 is 2.48. The molecule has 0 bridgehead atoms. The first-order chi connectivity index (χ1) is 19.4. The largest absolute Gasteiger partial charge is 0.333 e. The minimum Gasteiger partial charge on any atom is -0.268 e. The van der Waals surface area contributed by atoms with Crippen LogP contribution in [0.15, 0.2) is 53.6 Å². The second-order valence-electron chi connectivity index (χ2n) is 9.25. The Hall–Kier alpha value is -4.75. The summed E-state index contributed by atoms with van der Waals surface area (Å²) in [7, 11) is 5.19. The smallest absolute Gasteiger partial charge is 0.268 e. The molecule has 0 saturated carbocycles. The molecule has 0 aliphatic carbocycles. The van der Waals surface area contributed by atoms with Gasteiger partial charge in [-0.1, -0.05) is 24.3 Å². The van der Waals surface area contributed by atoms with Gasteiger partial charge in [0.05, 0.1) is 4.88 Å². The highest BCUT2D eigenvalue weighted by atomic mass is 32.1. The van der Waals surface area contributed by atoms with Gasteiger partial charge in [0.2, 0.25) is 0 Å². The number of rotatable bonds is 4. The zero-order valence-electron chi connectivity index (χ0n) is 22.1. The number of hydrogen-bond donors (Lipinski definition) is 0. The molecule has 2 aliphatic heterocycles. The number of halogens is 1. The number of amides is 8. The lowest BCUT2D eigenvalue weighted by atomic mass is 10.0. The number of carbonyl (C=O) groups is 6. The molecule has 0 N–H and O–H groups in total. The summed E-state index contributed by atoms with van der Waals surface area (Å²) in [4.78, 5) is 79.5. The maximum atomic E-state index is 15.0. The van der Waals surface area contributed by atoms with Crippen LogP contribution in [0.2, 0.25) is 0 Å². The molecule has 13 heteroatoms. The van der Waals surface area contributed by atoms with Crippen molar-refractivity contribution in [3.05, 3.63) is 69.9 Å². The minimum absolute atomic E-state index is 0.141. The van der Waals surface area contributed by atoms with E-state index >= 15 is 4.39 Å². The summed E-state index contributed by atoms with van der Waals surface area (Å²) in [5, 5.41) is 0. The van der Waals surface area contributed by atoms with Crippen molar-refractivity contribution in [2.75, 3.05) is 28.2 Å². The number of nitrogens with zero attached hydrogens (tertiary/aromatic N) is 4. The standard InChI is InChI=1S/C28H21FN4O6S2/c1-30-23(34)17(24(35)31(2)27(30)38)11-14-5-7-15(8-6-14)22-19(29)13-21(41-22)20-10-9-16(40-20)12-18-25(36)32(3)28(39)33(4)26(18)37/h5-13H,1-4H3. The highest BCUT2D eigenvalue weighted by Gasteiger charge is 2.38. The molecule has 0 unspecified atom stereocenters. The zero-order chi connectivity index (χ0) is 29.7. The van der Waals surface area contributed by atoms with E-state index in [-0.39, 0.29) is 11.1 Å². The lowest BCUT2D eigenvalue weighted by Gasteiger charge is -2.28. The van der Waals surface area contributed by atoms with Crippen LogP contribution in [-0.4, -0.2) is 83.5 Å². The normalized spacial score (nSPS) is 16.4. The van der Waals surface area contributed by atoms with Crippen molar-refractivity contribution in [2.45, 2.75) is 0 Å². The molecular formula is C28H21FN4O6S2. The van der Waals surface area contributed by atoms with Crippen molar-refractivity contribution in [3.8, 4) is 20.2 Å². The Bertz CT molecular complexity index is 1680. The summed E-state index contributed by atoms with van der Waals surface area (Å²) in [6.07, 6.45) is 2.81. The summed E-state index contributed by atoms with van der Waals surface area (Å²) in [5.74, 6) is -3.23. The van der Waals surface area contributed by atoms with Crippen molar-refractivity contribution in [1.29, 1.82) is 0 Å². The number of imide groups is 4. The molecule has 0 radical (unpaired) electrons. The molecule has 10 nitrogen and oxygen atoms in total. The predicted molar refractivity (Wildman–Crippen MR) is 151 cm³/mol. The Balaban J connectivity index is 1.38. The Kier molecular flexibility index (Phi) is 7.01. The fraction of sp³-hybridized carbons (Fsp3) is 0.143. The number of likely N-dealkylation sites (N-methyl/N-ethyl adjacent to an activating group) is 4. The van der Waals surface area contributed by atoms with Crippen LogP contribution in [0.5, 0.6) is 0 Å². The van der Waals surface area contributed by atoms with Crippen LogP contribution in [0.3, 0.4) is 0 Å². The number of carbonyl (C=O) groups excluding carboxylic acids is 6. The number of hydrogen-bond acceptors (Lipinski definition) is 8. The van der Waals surface area contributed by atoms with Gasteiger partial charge >= 0.3 is 12.1 Å². The van der Waals surface area contributed by atoms with Crippen molar-refractivity contribution >= 4 is 70.5 Å². The van der Waals surface area contributed by atoms with Crippen LogP contribution in [0, 0.1) is 5.82 Å². The molecule has 8 amide bonds. The van der Waals surface area contributed by atoms with Crippen LogP contribution in [0.1, 0.15) is 10.4 Å². The molecule has 1 aromatic carbocycles. The van der Waals surface area contributed by atoms with Gasteiger partial charge in [-0.3, -0.25) is 38.8 Å². The topological polar surface area (TPSA) is 115 Å². The van der Waals surface area contributed by atoms with Crippen LogP contribution in [0.4, 0.5) is 14.0 Å². The van der Waals surface area contributed by atoms with E-state index in [1.807, 2.05) is 0 Å². The van der Waals surface area contributed by atoms with Gasteiger partial charge in [-0.25, -0.2) is 14.0 Å². The first-order valence-corrected chi connectivity index (χ1v) is 13.7. The zero-order valence-corrected chi connectivity index (χ0v) is 23.8. The summed E-state index contributed by atoms with van der Waals surface area (Å²) in [6.45, 7) is 0. The maximum Gasteiger partial charge on any atom is 0.333 e. The summed E-state index contributed by atoms with van der Waals surface area (Å²) in [5.41, 5.74) is 0.814. The Labute approximate surface area is 241 Å². The van der Waals surface area contributed by atoms with Gasteiger partial charge in [-0.15, -0.1) is 22.7 Å². The average molecular weight is 593 g/mol. The molecule has 2 fully saturated rings. The number of thiophene rings is 2. The molecule has 2 saturated heterocycles. The molecule has 2 aliphatic rings. The number of benzene rings is 1. The molecule has 0 atom stereocenters. The highest BCUT2D eigenvalue weighted by molar-refractivity contribution is 7.24. The van der Waals surface area contributed by atoms with E-state index in [0.29, 0.717) is 25.8 Å². The van der Waals surface area contributed by atoms with E-state index in [2.05, 4.69) is 0 Å². The van der Waals surface area contributed by atoms with Gasteiger partial charge in [0.15, 0.2) is 0 Å². The Morgan fingerprint density at radius 1 is 0.610 bits per heavy atom.